The van der Waals surface area contributed by atoms with Gasteiger partial charge >= 0.3 is 11.8 Å². The molecular formula is C31H37N7O5. The Labute approximate surface area is 249 Å². The normalized spacial score (nSPS) is 15.3. The van der Waals surface area contributed by atoms with Gasteiger partial charge in [0.05, 0.1) is 25.7 Å². The van der Waals surface area contributed by atoms with Crippen molar-refractivity contribution in [2.45, 2.75) is 65.3 Å². The van der Waals surface area contributed by atoms with Gasteiger partial charge in [-0.1, -0.05) is 12.0 Å². The topological polar surface area (TPSA) is 126 Å². The summed E-state index contributed by atoms with van der Waals surface area (Å²) >= 11 is 0. The van der Waals surface area contributed by atoms with Crippen molar-refractivity contribution in [3.63, 3.8) is 0 Å². The Balaban J connectivity index is 1.57. The van der Waals surface area contributed by atoms with Crippen molar-refractivity contribution in [2.75, 3.05) is 25.1 Å². The van der Waals surface area contributed by atoms with Crippen molar-refractivity contribution in [2.24, 2.45) is 7.05 Å². The maximum Gasteiger partial charge on any atom is 0.407 e. The zero-order chi connectivity index (χ0) is 30.9. The Morgan fingerprint density at radius 3 is 2.70 bits per heavy atom. The summed E-state index contributed by atoms with van der Waals surface area (Å²) < 4.78 is 15.3. The number of alkyl carbamates (subject to hydrolysis) is 1. The zero-order valence-corrected chi connectivity index (χ0v) is 25.4. The van der Waals surface area contributed by atoms with Crippen LogP contribution in [0.15, 0.2) is 40.1 Å². The van der Waals surface area contributed by atoms with Crippen molar-refractivity contribution in [1.82, 2.24) is 29.0 Å². The second-order valence-corrected chi connectivity index (χ2v) is 11.6. The molecule has 1 atom stereocenters. The Bertz CT molecular complexity index is 1870. The molecule has 0 spiro atoms. The van der Waals surface area contributed by atoms with Crippen LogP contribution < -0.4 is 26.2 Å². The van der Waals surface area contributed by atoms with Gasteiger partial charge in [0.15, 0.2) is 11.2 Å². The lowest BCUT2D eigenvalue weighted by Crippen LogP contribution is -2.49. The highest BCUT2D eigenvalue weighted by Gasteiger charge is 2.29. The van der Waals surface area contributed by atoms with Crippen LogP contribution in [0.25, 0.3) is 22.1 Å². The minimum Gasteiger partial charge on any atom is -0.496 e. The first-order valence-electron chi connectivity index (χ1n) is 14.3. The van der Waals surface area contributed by atoms with Crippen LogP contribution in [-0.4, -0.2) is 61.6 Å². The summed E-state index contributed by atoms with van der Waals surface area (Å²) in [6, 6.07) is 7.16. The number of fused-ring (bicyclic) bond motifs is 2. The SMILES string of the molecule is CC#CCn1c(N2CCCC(NC(=O)OC(C)(C)C)C2)nc2c1c(=O)n(Cc1ccc(OC)c3cccnc13)c(=O)n2C. The van der Waals surface area contributed by atoms with Crippen molar-refractivity contribution in [3.8, 4) is 17.6 Å². The van der Waals surface area contributed by atoms with Gasteiger partial charge in [-0.15, -0.1) is 5.92 Å². The van der Waals surface area contributed by atoms with Gasteiger partial charge in [-0.05, 0) is 64.3 Å². The van der Waals surface area contributed by atoms with E-state index in [1.807, 2.05) is 49.9 Å². The molecule has 1 aromatic carbocycles. The molecule has 0 aliphatic carbocycles. The molecule has 1 unspecified atom stereocenters. The standard InChI is InChI=1S/C31H37N7O5/c1-7-8-17-37-25-26(34-28(37)36-16-10-11-21(19-36)33-29(40)43-31(2,3)4)35(5)30(41)38(27(25)39)18-20-13-14-23(42-6)22-12-9-15-32-24(20)22/h9,12-15,21H,10-11,16-19H2,1-6H3,(H,33,40). The number of ether oxygens (including phenoxy) is 2. The second-order valence-electron chi connectivity index (χ2n) is 11.6. The number of methoxy groups -OCH3 is 1. The number of hydrogen-bond acceptors (Lipinski definition) is 8. The lowest BCUT2D eigenvalue weighted by atomic mass is 10.1. The number of benzene rings is 1. The number of carbonyl (C=O) groups is 1. The Morgan fingerprint density at radius 2 is 1.98 bits per heavy atom. The van der Waals surface area contributed by atoms with Crippen LogP contribution in [0.2, 0.25) is 0 Å². The van der Waals surface area contributed by atoms with Crippen LogP contribution in [-0.2, 0) is 24.9 Å². The molecule has 1 amide bonds. The number of amides is 1. The first-order chi connectivity index (χ1) is 20.5. The van der Waals surface area contributed by atoms with E-state index in [0.717, 1.165) is 18.2 Å². The summed E-state index contributed by atoms with van der Waals surface area (Å²) in [5.41, 5.74) is 0.366. The molecule has 1 aliphatic heterocycles. The predicted octanol–water partition coefficient (Wildman–Crippen LogP) is 3.02. The van der Waals surface area contributed by atoms with Gasteiger partial charge in [-0.3, -0.25) is 23.5 Å². The lowest BCUT2D eigenvalue weighted by Gasteiger charge is -2.34. The van der Waals surface area contributed by atoms with Crippen molar-refractivity contribution in [1.29, 1.82) is 0 Å². The molecule has 43 heavy (non-hydrogen) atoms. The number of aryl methyl sites for hydroxylation is 1. The van der Waals surface area contributed by atoms with E-state index >= 15 is 0 Å². The summed E-state index contributed by atoms with van der Waals surface area (Å²) in [5, 5.41) is 3.75. The number of nitrogens with one attached hydrogen (secondary N) is 1. The molecule has 226 valence electrons. The minimum absolute atomic E-state index is 0.0184. The van der Waals surface area contributed by atoms with Crippen molar-refractivity contribution < 1.29 is 14.3 Å². The number of aromatic nitrogens is 5. The van der Waals surface area contributed by atoms with Crippen LogP contribution in [0.1, 0.15) is 46.1 Å². The van der Waals surface area contributed by atoms with Crippen molar-refractivity contribution >= 4 is 34.1 Å². The van der Waals surface area contributed by atoms with E-state index in [1.165, 1.54) is 9.13 Å². The van der Waals surface area contributed by atoms with E-state index in [9.17, 15) is 14.4 Å². The fourth-order valence-electron chi connectivity index (χ4n) is 5.48. The highest BCUT2D eigenvalue weighted by Crippen LogP contribution is 2.27. The first-order valence-corrected chi connectivity index (χ1v) is 14.3. The summed E-state index contributed by atoms with van der Waals surface area (Å²) in [6.45, 7) is 8.56. The molecular weight excluding hydrogens is 550 g/mol. The smallest absolute Gasteiger partial charge is 0.407 e. The summed E-state index contributed by atoms with van der Waals surface area (Å²) in [6.07, 6.45) is 2.77. The molecule has 1 fully saturated rings. The average molecular weight is 588 g/mol. The molecule has 1 aliphatic rings. The lowest BCUT2D eigenvalue weighted by molar-refractivity contribution is 0.0499. The zero-order valence-electron chi connectivity index (χ0n) is 25.4. The van der Waals surface area contributed by atoms with Gasteiger partial charge in [0.25, 0.3) is 5.56 Å². The molecule has 12 nitrogen and oxygen atoms in total. The summed E-state index contributed by atoms with van der Waals surface area (Å²) in [7, 11) is 3.20. The highest BCUT2D eigenvalue weighted by atomic mass is 16.6. The molecule has 0 bridgehead atoms. The number of nitrogens with zero attached hydrogens (tertiary/aromatic N) is 6. The number of imidazole rings is 1. The fraction of sp³-hybridized carbons (Fsp3) is 0.452. The van der Waals surface area contributed by atoms with Crippen LogP contribution >= 0.6 is 0 Å². The maximum atomic E-state index is 14.1. The van der Waals surface area contributed by atoms with E-state index in [4.69, 9.17) is 14.5 Å². The molecule has 5 rings (SSSR count). The summed E-state index contributed by atoms with van der Waals surface area (Å²) in [4.78, 5) is 51.5. The molecule has 1 N–H and O–H groups in total. The molecule has 4 heterocycles. The van der Waals surface area contributed by atoms with Crippen LogP contribution in [0.5, 0.6) is 5.75 Å². The van der Waals surface area contributed by atoms with E-state index in [1.54, 1.807) is 31.8 Å². The minimum atomic E-state index is -0.607. The monoisotopic (exact) mass is 587 g/mol. The van der Waals surface area contributed by atoms with E-state index in [-0.39, 0.29) is 30.3 Å². The van der Waals surface area contributed by atoms with Crippen molar-refractivity contribution in [3.05, 3.63) is 56.9 Å². The number of carbonyl (C=O) groups excluding carboxylic acids is 1. The van der Waals surface area contributed by atoms with Gasteiger partial charge in [0.2, 0.25) is 5.95 Å². The third-order valence-corrected chi connectivity index (χ3v) is 7.41. The molecule has 0 radical (unpaired) electrons. The first kappa shape index (κ1) is 29.7. The van der Waals surface area contributed by atoms with Gasteiger partial charge in [0.1, 0.15) is 11.4 Å². The number of piperidine rings is 1. The highest BCUT2D eigenvalue weighted by molar-refractivity contribution is 5.87. The molecule has 0 saturated carbocycles. The van der Waals surface area contributed by atoms with E-state index in [0.29, 0.717) is 35.9 Å². The number of hydrogen-bond donors (Lipinski definition) is 1. The number of pyridine rings is 1. The van der Waals surface area contributed by atoms with Crippen LogP contribution in [0.3, 0.4) is 0 Å². The Hall–Kier alpha value is -4.79. The number of rotatable bonds is 6. The molecule has 12 heteroatoms. The number of anilines is 1. The molecule has 1 saturated heterocycles. The average Bonchev–Trinajstić information content (AvgIpc) is 3.36. The Kier molecular flexibility index (Phi) is 8.17. The van der Waals surface area contributed by atoms with Gasteiger partial charge in [-0.25, -0.2) is 9.59 Å². The van der Waals surface area contributed by atoms with Gasteiger partial charge in [-0.2, -0.15) is 4.98 Å². The Morgan fingerprint density at radius 1 is 1.19 bits per heavy atom. The van der Waals surface area contributed by atoms with Crippen LogP contribution in [0, 0.1) is 11.8 Å². The third-order valence-electron chi connectivity index (χ3n) is 7.41. The van der Waals surface area contributed by atoms with E-state index < -0.39 is 22.9 Å². The second kappa shape index (κ2) is 11.8. The third kappa shape index (κ3) is 5.93. The predicted molar refractivity (Wildman–Crippen MR) is 165 cm³/mol. The van der Waals surface area contributed by atoms with Crippen LogP contribution in [0.4, 0.5) is 10.7 Å². The summed E-state index contributed by atoms with van der Waals surface area (Å²) in [5.74, 6) is 7.14. The molecule has 4 aromatic rings. The van der Waals surface area contributed by atoms with E-state index in [2.05, 4.69) is 22.1 Å². The van der Waals surface area contributed by atoms with Gasteiger partial charge in [0, 0.05) is 37.8 Å². The largest absolute Gasteiger partial charge is 0.496 e. The maximum absolute atomic E-state index is 14.1. The molecule has 3 aromatic heterocycles. The fourth-order valence-corrected chi connectivity index (χ4v) is 5.48. The van der Waals surface area contributed by atoms with Gasteiger partial charge < -0.3 is 19.7 Å². The quantitative estimate of drug-likeness (QED) is 0.342.